The number of aromatic carboxylic acids is 1. The predicted octanol–water partition coefficient (Wildman–Crippen LogP) is 6.18. The lowest BCUT2D eigenvalue weighted by Crippen LogP contribution is -2.13. The minimum Gasteiger partial charge on any atom is -0.494 e. The molecule has 0 heterocycles. The lowest BCUT2D eigenvalue weighted by atomic mass is 10.1. The second-order valence-electron chi connectivity index (χ2n) is 8.19. The molecule has 0 saturated heterocycles. The van der Waals surface area contributed by atoms with Crippen molar-refractivity contribution in [2.75, 3.05) is 13.2 Å². The van der Waals surface area contributed by atoms with Crippen LogP contribution in [0.5, 0.6) is 23.0 Å². The number of hydrogen-bond donors (Lipinski definition) is 1. The van der Waals surface area contributed by atoms with E-state index in [4.69, 9.17) is 18.9 Å². The first-order chi connectivity index (χ1) is 17.9. The van der Waals surface area contributed by atoms with Gasteiger partial charge in [-0.25, -0.2) is 14.4 Å². The lowest BCUT2D eigenvalue weighted by molar-refractivity contribution is 0.0670. The molecular formula is C29H30O8. The van der Waals surface area contributed by atoms with Crippen LogP contribution in [-0.2, 0) is 0 Å². The molecule has 1 N–H and O–H groups in total. The van der Waals surface area contributed by atoms with Crippen molar-refractivity contribution in [3.8, 4) is 23.0 Å². The highest BCUT2D eigenvalue weighted by atomic mass is 16.5. The van der Waals surface area contributed by atoms with Crippen LogP contribution in [0.15, 0.2) is 66.7 Å². The highest BCUT2D eigenvalue weighted by Crippen LogP contribution is 2.26. The molecule has 37 heavy (non-hydrogen) atoms. The molecule has 8 heteroatoms. The topological polar surface area (TPSA) is 108 Å². The number of hydrogen-bond acceptors (Lipinski definition) is 7. The summed E-state index contributed by atoms with van der Waals surface area (Å²) in [5.41, 5.74) is 0.187. The van der Waals surface area contributed by atoms with Crippen molar-refractivity contribution in [3.05, 3.63) is 83.4 Å². The molecule has 0 aliphatic rings. The summed E-state index contributed by atoms with van der Waals surface area (Å²) in [5, 5.41) is 9.62. The first-order valence-electron chi connectivity index (χ1n) is 12.2. The maximum Gasteiger partial charge on any atom is 0.343 e. The zero-order valence-electron chi connectivity index (χ0n) is 20.9. The number of carboxylic acid groups (broad SMARTS) is 1. The number of carbonyl (C=O) groups excluding carboxylic acids is 2. The molecule has 0 aliphatic carbocycles. The zero-order chi connectivity index (χ0) is 26.6. The number of ether oxygens (including phenoxy) is 4. The van der Waals surface area contributed by atoms with Crippen molar-refractivity contribution >= 4 is 17.9 Å². The Balaban J connectivity index is 1.65. The lowest BCUT2D eigenvalue weighted by Gasteiger charge is -2.11. The van der Waals surface area contributed by atoms with E-state index in [9.17, 15) is 19.5 Å². The Hall–Kier alpha value is -4.33. The maximum absolute atomic E-state index is 12.6. The third kappa shape index (κ3) is 8.10. The molecule has 0 aliphatic heterocycles. The summed E-state index contributed by atoms with van der Waals surface area (Å²) in [6, 6.07) is 16.6. The third-order valence-electron chi connectivity index (χ3n) is 5.31. The molecule has 0 radical (unpaired) electrons. The van der Waals surface area contributed by atoms with Gasteiger partial charge in [0.15, 0.2) is 0 Å². The van der Waals surface area contributed by atoms with Crippen LogP contribution in [0, 0.1) is 0 Å². The summed E-state index contributed by atoms with van der Waals surface area (Å²) >= 11 is 0. The Morgan fingerprint density at radius 1 is 0.649 bits per heavy atom. The Bertz CT molecular complexity index is 1200. The minimum absolute atomic E-state index is 0.000878. The summed E-state index contributed by atoms with van der Waals surface area (Å²) in [7, 11) is 0. The smallest absolute Gasteiger partial charge is 0.343 e. The number of esters is 2. The minimum atomic E-state index is -1.34. The molecule has 0 atom stereocenters. The number of carbonyl (C=O) groups is 3. The summed E-state index contributed by atoms with van der Waals surface area (Å²) in [6.45, 7) is 5.30. The monoisotopic (exact) mass is 506 g/mol. The normalized spacial score (nSPS) is 10.4. The van der Waals surface area contributed by atoms with Gasteiger partial charge in [-0.1, -0.05) is 26.7 Å². The van der Waals surface area contributed by atoms with E-state index < -0.39 is 17.9 Å². The van der Waals surface area contributed by atoms with Crippen LogP contribution in [0.25, 0.3) is 0 Å². The quantitative estimate of drug-likeness (QED) is 0.166. The second-order valence-corrected chi connectivity index (χ2v) is 8.19. The fourth-order valence-corrected chi connectivity index (χ4v) is 3.20. The van der Waals surface area contributed by atoms with E-state index in [1.54, 1.807) is 48.5 Å². The Morgan fingerprint density at radius 2 is 1.11 bits per heavy atom. The van der Waals surface area contributed by atoms with Crippen molar-refractivity contribution in [1.29, 1.82) is 0 Å². The van der Waals surface area contributed by atoms with Crippen LogP contribution in [0.2, 0.25) is 0 Å². The molecule has 8 nitrogen and oxygen atoms in total. The summed E-state index contributed by atoms with van der Waals surface area (Å²) in [4.78, 5) is 36.9. The van der Waals surface area contributed by atoms with Crippen LogP contribution in [-0.4, -0.2) is 36.2 Å². The first-order valence-corrected chi connectivity index (χ1v) is 12.2. The average molecular weight is 507 g/mol. The van der Waals surface area contributed by atoms with Gasteiger partial charge in [0, 0.05) is 0 Å². The molecule has 0 amide bonds. The fraction of sp³-hybridized carbons (Fsp3) is 0.276. The average Bonchev–Trinajstić information content (AvgIpc) is 2.90. The third-order valence-corrected chi connectivity index (χ3v) is 5.31. The zero-order valence-corrected chi connectivity index (χ0v) is 20.9. The molecule has 0 spiro atoms. The van der Waals surface area contributed by atoms with Crippen molar-refractivity contribution in [2.24, 2.45) is 0 Å². The standard InChI is InChI=1S/C29H30O8/c1-3-5-17-34-22-11-7-20(8-12-22)28(32)36-24-15-16-26(25(19-24)27(30)31)37-29(33)21-9-13-23(14-10-21)35-18-6-4-2/h7-16,19H,3-6,17-18H2,1-2H3,(H,30,31). The Morgan fingerprint density at radius 3 is 1.57 bits per heavy atom. The largest absolute Gasteiger partial charge is 0.494 e. The summed E-state index contributed by atoms with van der Waals surface area (Å²) < 4.78 is 21.8. The van der Waals surface area contributed by atoms with Gasteiger partial charge < -0.3 is 24.1 Å². The van der Waals surface area contributed by atoms with Gasteiger partial charge in [-0.3, -0.25) is 0 Å². The molecule has 0 fully saturated rings. The van der Waals surface area contributed by atoms with Crippen LogP contribution < -0.4 is 18.9 Å². The Labute approximate surface area is 215 Å². The van der Waals surface area contributed by atoms with E-state index in [-0.39, 0.29) is 28.2 Å². The molecule has 3 aromatic carbocycles. The van der Waals surface area contributed by atoms with Crippen LogP contribution in [0.1, 0.15) is 70.6 Å². The number of benzene rings is 3. The molecule has 194 valence electrons. The Kier molecular flexibility index (Phi) is 10.1. The maximum atomic E-state index is 12.6. The van der Waals surface area contributed by atoms with Gasteiger partial charge in [-0.15, -0.1) is 0 Å². The fourth-order valence-electron chi connectivity index (χ4n) is 3.20. The molecule has 0 bridgehead atoms. The van der Waals surface area contributed by atoms with Crippen molar-refractivity contribution in [1.82, 2.24) is 0 Å². The second kappa shape index (κ2) is 13.7. The number of unbranched alkanes of at least 4 members (excludes halogenated alkanes) is 2. The van der Waals surface area contributed by atoms with E-state index in [0.717, 1.165) is 31.7 Å². The molecule has 3 aromatic rings. The van der Waals surface area contributed by atoms with Crippen molar-refractivity contribution in [2.45, 2.75) is 39.5 Å². The van der Waals surface area contributed by atoms with Gasteiger partial charge in [0.1, 0.15) is 28.6 Å². The van der Waals surface area contributed by atoms with E-state index in [2.05, 4.69) is 13.8 Å². The van der Waals surface area contributed by atoms with Crippen molar-refractivity contribution < 1.29 is 38.4 Å². The predicted molar refractivity (Wildman–Crippen MR) is 137 cm³/mol. The number of rotatable bonds is 13. The van der Waals surface area contributed by atoms with E-state index in [1.807, 2.05) is 0 Å². The first kappa shape index (κ1) is 27.3. The van der Waals surface area contributed by atoms with Crippen molar-refractivity contribution in [3.63, 3.8) is 0 Å². The van der Waals surface area contributed by atoms with Gasteiger partial charge in [-0.2, -0.15) is 0 Å². The van der Waals surface area contributed by atoms with Crippen LogP contribution >= 0.6 is 0 Å². The van der Waals surface area contributed by atoms with Gasteiger partial charge in [-0.05, 0) is 79.6 Å². The SMILES string of the molecule is CCCCOc1ccc(C(=O)Oc2ccc(OC(=O)c3ccc(OCCCC)cc3)c(C(=O)O)c2)cc1. The van der Waals surface area contributed by atoms with Crippen LogP contribution in [0.4, 0.5) is 0 Å². The van der Waals surface area contributed by atoms with E-state index in [0.29, 0.717) is 24.7 Å². The van der Waals surface area contributed by atoms with E-state index >= 15 is 0 Å². The number of carboxylic acids is 1. The van der Waals surface area contributed by atoms with Crippen LogP contribution in [0.3, 0.4) is 0 Å². The van der Waals surface area contributed by atoms with E-state index in [1.165, 1.54) is 12.1 Å². The molecular weight excluding hydrogens is 476 g/mol. The summed E-state index contributed by atoms with van der Waals surface area (Å²) in [5.74, 6) is -1.64. The van der Waals surface area contributed by atoms with Gasteiger partial charge in [0.05, 0.1) is 24.3 Å². The molecule has 3 rings (SSSR count). The summed E-state index contributed by atoms with van der Waals surface area (Å²) in [6.07, 6.45) is 3.88. The highest BCUT2D eigenvalue weighted by Gasteiger charge is 2.19. The molecule has 0 saturated carbocycles. The molecule has 0 unspecified atom stereocenters. The van der Waals surface area contributed by atoms with Gasteiger partial charge in [0.25, 0.3) is 0 Å². The van der Waals surface area contributed by atoms with Gasteiger partial charge >= 0.3 is 17.9 Å². The van der Waals surface area contributed by atoms with Gasteiger partial charge in [0.2, 0.25) is 0 Å². The molecule has 0 aromatic heterocycles. The highest BCUT2D eigenvalue weighted by molar-refractivity contribution is 5.96.